The zero-order chi connectivity index (χ0) is 14.5. The Hall–Kier alpha value is -0.120. The lowest BCUT2D eigenvalue weighted by Crippen LogP contribution is -2.38. The summed E-state index contributed by atoms with van der Waals surface area (Å²) in [6.45, 7) is 8.89. The molecule has 0 bridgehead atoms. The van der Waals surface area contributed by atoms with Gasteiger partial charge in [-0.1, -0.05) is 52.9 Å². The van der Waals surface area contributed by atoms with Crippen molar-refractivity contribution in [2.24, 2.45) is 0 Å². The molecule has 3 heteroatoms. The number of hydrogen-bond donors (Lipinski definition) is 2. The van der Waals surface area contributed by atoms with Crippen molar-refractivity contribution in [3.8, 4) is 0 Å². The monoisotopic (exact) mass is 273 g/mol. The van der Waals surface area contributed by atoms with Gasteiger partial charge in [0.1, 0.15) is 0 Å². The number of hydrogen-bond acceptors (Lipinski definition) is 3. The van der Waals surface area contributed by atoms with Gasteiger partial charge in [-0.15, -0.1) is 0 Å². The molecule has 2 atom stereocenters. The summed E-state index contributed by atoms with van der Waals surface area (Å²) in [5.41, 5.74) is 0. The predicted molar refractivity (Wildman–Crippen MR) is 82.4 cm³/mol. The average Bonchev–Trinajstić information content (AvgIpc) is 2.40. The molecule has 0 aliphatic rings. The highest BCUT2D eigenvalue weighted by Crippen LogP contribution is 2.08. The van der Waals surface area contributed by atoms with Crippen molar-refractivity contribution >= 4 is 0 Å². The molecule has 0 radical (unpaired) electrons. The zero-order valence-electron chi connectivity index (χ0n) is 13.3. The van der Waals surface area contributed by atoms with Crippen LogP contribution in [0.4, 0.5) is 0 Å². The highest BCUT2D eigenvalue weighted by molar-refractivity contribution is 4.69. The first-order chi connectivity index (χ1) is 9.13. The minimum Gasteiger partial charge on any atom is -0.392 e. The molecule has 0 fully saturated rings. The van der Waals surface area contributed by atoms with E-state index in [9.17, 15) is 10.2 Å². The van der Waals surface area contributed by atoms with E-state index >= 15 is 0 Å². The van der Waals surface area contributed by atoms with Crippen LogP contribution in [-0.2, 0) is 0 Å². The first kappa shape index (κ1) is 18.9. The second kappa shape index (κ2) is 12.9. The Labute approximate surface area is 120 Å². The van der Waals surface area contributed by atoms with Crippen LogP contribution in [0.1, 0.15) is 72.1 Å². The highest BCUT2D eigenvalue weighted by Gasteiger charge is 2.14. The molecule has 0 saturated heterocycles. The zero-order valence-corrected chi connectivity index (χ0v) is 13.3. The molecule has 116 valence electrons. The van der Waals surface area contributed by atoms with Gasteiger partial charge in [-0.25, -0.2) is 0 Å². The Morgan fingerprint density at radius 3 is 1.53 bits per heavy atom. The van der Waals surface area contributed by atoms with Crippen LogP contribution in [0.15, 0.2) is 0 Å². The number of nitrogens with zero attached hydrogens (tertiary/aromatic N) is 1. The van der Waals surface area contributed by atoms with Gasteiger partial charge in [-0.3, -0.25) is 4.90 Å². The summed E-state index contributed by atoms with van der Waals surface area (Å²) in [6, 6.07) is 0. The largest absolute Gasteiger partial charge is 0.392 e. The van der Waals surface area contributed by atoms with Crippen LogP contribution in [0.2, 0.25) is 0 Å². The summed E-state index contributed by atoms with van der Waals surface area (Å²) in [5.74, 6) is 0. The number of unbranched alkanes of at least 4 members (excludes halogenated alkanes) is 3. The molecule has 0 rings (SSSR count). The average molecular weight is 273 g/mol. The van der Waals surface area contributed by atoms with Gasteiger partial charge in [-0.2, -0.15) is 0 Å². The predicted octanol–water partition coefficient (Wildman–Crippen LogP) is 3.19. The first-order valence-electron chi connectivity index (χ1n) is 8.22. The number of rotatable bonds is 13. The van der Waals surface area contributed by atoms with Crippen molar-refractivity contribution in [3.05, 3.63) is 0 Å². The molecule has 3 nitrogen and oxygen atoms in total. The molecule has 0 spiro atoms. The lowest BCUT2D eigenvalue weighted by Gasteiger charge is -2.27. The van der Waals surface area contributed by atoms with Crippen LogP contribution in [0.3, 0.4) is 0 Å². The quantitative estimate of drug-likeness (QED) is 0.541. The van der Waals surface area contributed by atoms with Crippen LogP contribution in [0.5, 0.6) is 0 Å². The maximum Gasteiger partial charge on any atom is 0.0667 e. The fourth-order valence-electron chi connectivity index (χ4n) is 2.30. The normalized spacial score (nSPS) is 14.8. The van der Waals surface area contributed by atoms with E-state index in [0.717, 1.165) is 57.9 Å². The van der Waals surface area contributed by atoms with Gasteiger partial charge in [0.25, 0.3) is 0 Å². The third-order valence-corrected chi connectivity index (χ3v) is 3.55. The Kier molecular flexibility index (Phi) is 12.8. The van der Waals surface area contributed by atoms with Gasteiger partial charge in [0, 0.05) is 13.1 Å². The highest BCUT2D eigenvalue weighted by atomic mass is 16.3. The molecule has 0 aromatic carbocycles. The molecule has 2 N–H and O–H groups in total. The van der Waals surface area contributed by atoms with Crippen molar-refractivity contribution in [2.45, 2.75) is 84.3 Å². The van der Waals surface area contributed by atoms with E-state index in [-0.39, 0.29) is 12.2 Å². The summed E-state index contributed by atoms with van der Waals surface area (Å²) in [6.07, 6.45) is 8.01. The standard InChI is InChI=1S/C16H35NO2/c1-4-7-10-15(18)13-17(12-9-6-3)14-16(19)11-8-5-2/h15-16,18-19H,4-14H2,1-3H3. The third-order valence-electron chi connectivity index (χ3n) is 3.55. The molecular weight excluding hydrogens is 238 g/mol. The Morgan fingerprint density at radius 2 is 1.16 bits per heavy atom. The summed E-state index contributed by atoms with van der Waals surface area (Å²) >= 11 is 0. The van der Waals surface area contributed by atoms with E-state index in [1.54, 1.807) is 0 Å². The fraction of sp³-hybridized carbons (Fsp3) is 1.00. The number of aliphatic hydroxyl groups excluding tert-OH is 2. The van der Waals surface area contributed by atoms with Gasteiger partial charge in [0.15, 0.2) is 0 Å². The van der Waals surface area contributed by atoms with E-state index in [4.69, 9.17) is 0 Å². The molecule has 2 unspecified atom stereocenters. The molecule has 0 aliphatic carbocycles. The van der Waals surface area contributed by atoms with Crippen LogP contribution in [0.25, 0.3) is 0 Å². The summed E-state index contributed by atoms with van der Waals surface area (Å²) in [5, 5.41) is 20.0. The van der Waals surface area contributed by atoms with E-state index in [1.807, 2.05) is 0 Å². The Balaban J connectivity index is 4.05. The van der Waals surface area contributed by atoms with E-state index in [0.29, 0.717) is 13.1 Å². The molecule has 0 aromatic heterocycles. The molecule has 19 heavy (non-hydrogen) atoms. The first-order valence-corrected chi connectivity index (χ1v) is 8.22. The van der Waals surface area contributed by atoms with Crippen LogP contribution >= 0.6 is 0 Å². The fourth-order valence-corrected chi connectivity index (χ4v) is 2.30. The maximum absolute atomic E-state index is 10.0. The maximum atomic E-state index is 10.0. The molecule has 0 aromatic rings. The molecule has 0 aliphatic heterocycles. The second-order valence-electron chi connectivity index (χ2n) is 5.71. The third kappa shape index (κ3) is 11.4. The summed E-state index contributed by atoms with van der Waals surface area (Å²) < 4.78 is 0. The Bertz CT molecular complexity index is 172. The summed E-state index contributed by atoms with van der Waals surface area (Å²) in [7, 11) is 0. The SMILES string of the molecule is CCCCC(O)CN(CCCC)CC(O)CCCC. The van der Waals surface area contributed by atoms with Crippen molar-refractivity contribution in [2.75, 3.05) is 19.6 Å². The molecule has 0 saturated carbocycles. The van der Waals surface area contributed by atoms with Crippen LogP contribution in [-0.4, -0.2) is 47.0 Å². The minimum atomic E-state index is -0.241. The van der Waals surface area contributed by atoms with Crippen molar-refractivity contribution < 1.29 is 10.2 Å². The number of aliphatic hydroxyl groups is 2. The van der Waals surface area contributed by atoms with Gasteiger partial charge >= 0.3 is 0 Å². The molecule has 0 amide bonds. The smallest absolute Gasteiger partial charge is 0.0667 e. The van der Waals surface area contributed by atoms with Crippen molar-refractivity contribution in [1.82, 2.24) is 4.90 Å². The lowest BCUT2D eigenvalue weighted by atomic mass is 10.1. The van der Waals surface area contributed by atoms with Crippen LogP contribution < -0.4 is 0 Å². The Morgan fingerprint density at radius 1 is 0.737 bits per heavy atom. The van der Waals surface area contributed by atoms with Gasteiger partial charge in [0.2, 0.25) is 0 Å². The van der Waals surface area contributed by atoms with Gasteiger partial charge < -0.3 is 10.2 Å². The van der Waals surface area contributed by atoms with Gasteiger partial charge in [0.05, 0.1) is 12.2 Å². The van der Waals surface area contributed by atoms with Gasteiger partial charge in [-0.05, 0) is 25.8 Å². The van der Waals surface area contributed by atoms with E-state index < -0.39 is 0 Å². The van der Waals surface area contributed by atoms with E-state index in [1.165, 1.54) is 0 Å². The van der Waals surface area contributed by atoms with E-state index in [2.05, 4.69) is 25.7 Å². The molecular formula is C16H35NO2. The minimum absolute atomic E-state index is 0.241. The topological polar surface area (TPSA) is 43.7 Å². The van der Waals surface area contributed by atoms with Crippen molar-refractivity contribution in [3.63, 3.8) is 0 Å². The van der Waals surface area contributed by atoms with Crippen molar-refractivity contribution in [1.29, 1.82) is 0 Å². The summed E-state index contributed by atoms with van der Waals surface area (Å²) in [4.78, 5) is 2.24. The second-order valence-corrected chi connectivity index (χ2v) is 5.71. The van der Waals surface area contributed by atoms with Crippen LogP contribution in [0, 0.1) is 0 Å². The molecule has 0 heterocycles. The lowest BCUT2D eigenvalue weighted by molar-refractivity contribution is 0.0603.